The van der Waals surface area contributed by atoms with Crippen molar-refractivity contribution in [3.63, 3.8) is 0 Å². The van der Waals surface area contributed by atoms with Gasteiger partial charge < -0.3 is 4.74 Å². The fourth-order valence-electron chi connectivity index (χ4n) is 1.36. The maximum atomic E-state index is 13.4. The van der Waals surface area contributed by atoms with E-state index in [4.69, 9.17) is 4.74 Å². The van der Waals surface area contributed by atoms with E-state index in [2.05, 4.69) is 15.9 Å². The molecule has 12 heavy (non-hydrogen) atoms. The number of benzene rings is 1. The highest BCUT2D eigenvalue weighted by Crippen LogP contribution is 2.31. The van der Waals surface area contributed by atoms with Crippen LogP contribution in [0.25, 0.3) is 0 Å². The standard InChI is InChI=1S/C9H8BrFO/c10-5-7-2-1-6-3-4-12-9(6)8(7)11/h1-2H,3-5H2. The van der Waals surface area contributed by atoms with Crippen LogP contribution in [0.5, 0.6) is 5.75 Å². The van der Waals surface area contributed by atoms with Gasteiger partial charge in [-0.15, -0.1) is 0 Å². The predicted octanol–water partition coefficient (Wildman–Crippen LogP) is 2.66. The summed E-state index contributed by atoms with van der Waals surface area (Å²) in [7, 11) is 0. The Kier molecular flexibility index (Phi) is 2.05. The molecule has 2 rings (SSSR count). The van der Waals surface area contributed by atoms with Crippen LogP contribution in [-0.4, -0.2) is 6.61 Å². The summed E-state index contributed by atoms with van der Waals surface area (Å²) in [6.45, 7) is 0.609. The summed E-state index contributed by atoms with van der Waals surface area (Å²) in [5, 5.41) is 0.537. The summed E-state index contributed by atoms with van der Waals surface area (Å²) in [6, 6.07) is 3.74. The van der Waals surface area contributed by atoms with Crippen molar-refractivity contribution in [1.29, 1.82) is 0 Å². The van der Waals surface area contributed by atoms with Crippen LogP contribution < -0.4 is 4.74 Å². The quantitative estimate of drug-likeness (QED) is 0.675. The maximum Gasteiger partial charge on any atom is 0.169 e. The second kappa shape index (κ2) is 3.05. The van der Waals surface area contributed by atoms with Gasteiger partial charge in [0.2, 0.25) is 0 Å². The largest absolute Gasteiger partial charge is 0.490 e. The first-order valence-corrected chi connectivity index (χ1v) is 4.94. The van der Waals surface area contributed by atoms with E-state index < -0.39 is 0 Å². The van der Waals surface area contributed by atoms with E-state index in [1.54, 1.807) is 6.07 Å². The van der Waals surface area contributed by atoms with Crippen molar-refractivity contribution in [1.82, 2.24) is 0 Å². The van der Waals surface area contributed by atoms with Gasteiger partial charge in [-0.25, -0.2) is 4.39 Å². The molecule has 0 spiro atoms. The van der Waals surface area contributed by atoms with Crippen molar-refractivity contribution >= 4 is 15.9 Å². The van der Waals surface area contributed by atoms with Gasteiger partial charge in [0.05, 0.1) is 6.61 Å². The monoisotopic (exact) mass is 230 g/mol. The Balaban J connectivity index is 2.54. The van der Waals surface area contributed by atoms with E-state index in [1.807, 2.05) is 6.07 Å². The third kappa shape index (κ3) is 1.12. The molecule has 0 bridgehead atoms. The number of halogens is 2. The zero-order valence-electron chi connectivity index (χ0n) is 6.44. The molecule has 0 aliphatic carbocycles. The van der Waals surface area contributed by atoms with Gasteiger partial charge in [-0.3, -0.25) is 0 Å². The molecule has 1 aliphatic heterocycles. The molecule has 0 aromatic heterocycles. The van der Waals surface area contributed by atoms with Crippen molar-refractivity contribution in [2.24, 2.45) is 0 Å². The van der Waals surface area contributed by atoms with E-state index in [0.717, 1.165) is 12.0 Å². The topological polar surface area (TPSA) is 9.23 Å². The van der Waals surface area contributed by atoms with Gasteiger partial charge in [-0.05, 0) is 0 Å². The lowest BCUT2D eigenvalue weighted by Crippen LogP contribution is -1.91. The van der Waals surface area contributed by atoms with Gasteiger partial charge in [0.15, 0.2) is 11.6 Å². The van der Waals surface area contributed by atoms with Crippen LogP contribution in [0.2, 0.25) is 0 Å². The summed E-state index contributed by atoms with van der Waals surface area (Å²) >= 11 is 3.22. The van der Waals surface area contributed by atoms with Crippen molar-refractivity contribution in [3.8, 4) is 5.75 Å². The first-order chi connectivity index (χ1) is 5.83. The van der Waals surface area contributed by atoms with E-state index in [-0.39, 0.29) is 5.82 Å². The third-order valence-electron chi connectivity index (χ3n) is 2.02. The van der Waals surface area contributed by atoms with E-state index in [1.165, 1.54) is 0 Å². The molecule has 0 fully saturated rings. The molecule has 64 valence electrons. The number of fused-ring (bicyclic) bond motifs is 1. The third-order valence-corrected chi connectivity index (χ3v) is 2.62. The minimum absolute atomic E-state index is 0.207. The van der Waals surface area contributed by atoms with Crippen LogP contribution in [0, 0.1) is 5.82 Å². The van der Waals surface area contributed by atoms with Crippen LogP contribution in [0.3, 0.4) is 0 Å². The molecule has 0 unspecified atom stereocenters. The fourth-order valence-corrected chi connectivity index (χ4v) is 1.79. The molecule has 0 radical (unpaired) electrons. The molecule has 0 saturated carbocycles. The number of hydrogen-bond acceptors (Lipinski definition) is 1. The second-order valence-corrected chi connectivity index (χ2v) is 3.32. The van der Waals surface area contributed by atoms with Crippen molar-refractivity contribution in [3.05, 3.63) is 29.1 Å². The Morgan fingerprint density at radius 1 is 1.50 bits per heavy atom. The molecule has 1 aromatic carbocycles. The smallest absolute Gasteiger partial charge is 0.169 e. The van der Waals surface area contributed by atoms with Crippen LogP contribution in [0.1, 0.15) is 11.1 Å². The summed E-state index contributed by atoms with van der Waals surface area (Å²) in [5.74, 6) is 0.244. The van der Waals surface area contributed by atoms with Crippen LogP contribution in [0.15, 0.2) is 12.1 Å². The minimum atomic E-state index is -0.207. The second-order valence-electron chi connectivity index (χ2n) is 2.76. The van der Waals surface area contributed by atoms with Crippen molar-refractivity contribution in [2.45, 2.75) is 11.8 Å². The SMILES string of the molecule is Fc1c(CBr)ccc2c1OCC2. The Morgan fingerprint density at radius 2 is 2.33 bits per heavy atom. The first-order valence-electron chi connectivity index (χ1n) is 3.82. The lowest BCUT2D eigenvalue weighted by molar-refractivity contribution is 0.338. The van der Waals surface area contributed by atoms with E-state index in [0.29, 0.717) is 23.2 Å². The number of rotatable bonds is 1. The van der Waals surface area contributed by atoms with E-state index >= 15 is 0 Å². The average molecular weight is 231 g/mol. The Labute approximate surface area is 78.7 Å². The number of hydrogen-bond donors (Lipinski definition) is 0. The molecule has 1 heterocycles. The summed E-state index contributed by atoms with van der Waals surface area (Å²) < 4.78 is 18.6. The molecule has 0 N–H and O–H groups in total. The fraction of sp³-hybridized carbons (Fsp3) is 0.333. The number of ether oxygens (including phenoxy) is 1. The molecule has 0 amide bonds. The van der Waals surface area contributed by atoms with Gasteiger partial charge >= 0.3 is 0 Å². The highest BCUT2D eigenvalue weighted by molar-refractivity contribution is 9.08. The predicted molar refractivity (Wildman–Crippen MR) is 48.2 cm³/mol. The van der Waals surface area contributed by atoms with Gasteiger partial charge in [0, 0.05) is 22.9 Å². The zero-order chi connectivity index (χ0) is 8.55. The lowest BCUT2D eigenvalue weighted by Gasteiger charge is -2.03. The maximum absolute atomic E-state index is 13.4. The van der Waals surface area contributed by atoms with Crippen LogP contribution >= 0.6 is 15.9 Å². The van der Waals surface area contributed by atoms with Gasteiger partial charge in [0.1, 0.15) is 0 Å². The Morgan fingerprint density at radius 3 is 3.08 bits per heavy atom. The summed E-state index contributed by atoms with van der Waals surface area (Å²) in [4.78, 5) is 0. The average Bonchev–Trinajstić information content (AvgIpc) is 2.53. The van der Waals surface area contributed by atoms with Gasteiger partial charge in [0.25, 0.3) is 0 Å². The first kappa shape index (κ1) is 8.05. The molecular weight excluding hydrogens is 223 g/mol. The summed E-state index contributed by atoms with van der Waals surface area (Å²) in [6.07, 6.45) is 0.828. The van der Waals surface area contributed by atoms with Gasteiger partial charge in [-0.2, -0.15) is 0 Å². The molecular formula is C9H8BrFO. The molecule has 0 saturated heterocycles. The van der Waals surface area contributed by atoms with Crippen molar-refractivity contribution < 1.29 is 9.13 Å². The normalized spacial score (nSPS) is 14.2. The Hall–Kier alpha value is -0.570. The molecule has 3 heteroatoms. The van der Waals surface area contributed by atoms with E-state index in [9.17, 15) is 4.39 Å². The number of alkyl halides is 1. The zero-order valence-corrected chi connectivity index (χ0v) is 8.03. The van der Waals surface area contributed by atoms with Crippen molar-refractivity contribution in [2.75, 3.05) is 6.61 Å². The van der Waals surface area contributed by atoms with Crippen LogP contribution in [-0.2, 0) is 11.8 Å². The lowest BCUT2D eigenvalue weighted by atomic mass is 10.1. The highest BCUT2D eigenvalue weighted by Gasteiger charge is 2.18. The van der Waals surface area contributed by atoms with Gasteiger partial charge in [-0.1, -0.05) is 28.1 Å². The highest BCUT2D eigenvalue weighted by atomic mass is 79.9. The molecule has 1 nitrogen and oxygen atoms in total. The molecule has 0 atom stereocenters. The Bertz CT molecular complexity index is 312. The van der Waals surface area contributed by atoms with Crippen LogP contribution in [0.4, 0.5) is 4.39 Å². The summed E-state index contributed by atoms with van der Waals surface area (Å²) in [5.41, 5.74) is 1.65. The minimum Gasteiger partial charge on any atom is -0.490 e. The molecule has 1 aromatic rings. The molecule has 1 aliphatic rings.